The third-order valence-electron chi connectivity index (χ3n) is 2.14. The second-order valence-electron chi connectivity index (χ2n) is 3.28. The number of para-hydroxylation sites is 1. The fraction of sp³-hybridized carbons (Fsp3) is 0.200. The molecule has 1 heterocycles. The highest BCUT2D eigenvalue weighted by Gasteiger charge is 1.98. The van der Waals surface area contributed by atoms with Gasteiger partial charge in [-0.15, -0.1) is 0 Å². The molecule has 78 valence electrons. The number of anilines is 1. The van der Waals surface area contributed by atoms with Gasteiger partial charge in [-0.05, 0) is 30.8 Å². The molecule has 0 aliphatic carbocycles. The summed E-state index contributed by atoms with van der Waals surface area (Å²) in [6.45, 7) is 2.70. The van der Waals surface area contributed by atoms with Crippen LogP contribution in [-0.4, -0.2) is 15.2 Å². The molecule has 0 spiro atoms. The van der Waals surface area contributed by atoms with Crippen molar-refractivity contribution < 1.29 is 0 Å². The van der Waals surface area contributed by atoms with E-state index in [9.17, 15) is 0 Å². The Morgan fingerprint density at radius 3 is 2.80 bits per heavy atom. The van der Waals surface area contributed by atoms with Crippen molar-refractivity contribution in [2.45, 2.75) is 13.5 Å². The highest BCUT2D eigenvalue weighted by molar-refractivity contribution is 7.71. The van der Waals surface area contributed by atoms with Crippen LogP contribution in [-0.2, 0) is 6.54 Å². The van der Waals surface area contributed by atoms with E-state index in [1.807, 2.05) is 18.2 Å². The van der Waals surface area contributed by atoms with E-state index in [4.69, 9.17) is 12.2 Å². The molecule has 2 rings (SSSR count). The van der Waals surface area contributed by atoms with Crippen LogP contribution in [0.25, 0.3) is 0 Å². The second-order valence-corrected chi connectivity index (χ2v) is 3.67. The number of aromatic nitrogens is 3. The summed E-state index contributed by atoms with van der Waals surface area (Å²) in [5.41, 5.74) is 2.33. The Balaban J connectivity index is 2.05. The number of H-pyrrole nitrogens is 2. The van der Waals surface area contributed by atoms with Crippen LogP contribution in [0.3, 0.4) is 0 Å². The lowest BCUT2D eigenvalue weighted by atomic mass is 10.2. The van der Waals surface area contributed by atoms with Gasteiger partial charge in [-0.3, -0.25) is 10.2 Å². The van der Waals surface area contributed by atoms with Crippen LogP contribution in [0.1, 0.15) is 11.4 Å². The monoisotopic (exact) mass is 220 g/mol. The van der Waals surface area contributed by atoms with Crippen LogP contribution in [0.15, 0.2) is 24.3 Å². The Hall–Kier alpha value is -1.62. The van der Waals surface area contributed by atoms with Crippen LogP contribution >= 0.6 is 12.2 Å². The summed E-state index contributed by atoms with van der Waals surface area (Å²) in [7, 11) is 0. The zero-order chi connectivity index (χ0) is 10.7. The Bertz CT molecular complexity index is 500. The summed E-state index contributed by atoms with van der Waals surface area (Å²) in [5, 5.41) is 8.93. The number of aryl methyl sites for hydroxylation is 1. The van der Waals surface area contributed by atoms with E-state index in [0.29, 0.717) is 11.3 Å². The highest BCUT2D eigenvalue weighted by Crippen LogP contribution is 2.13. The van der Waals surface area contributed by atoms with E-state index in [1.165, 1.54) is 5.56 Å². The van der Waals surface area contributed by atoms with Crippen molar-refractivity contribution in [2.75, 3.05) is 5.32 Å². The van der Waals surface area contributed by atoms with Gasteiger partial charge in [0.2, 0.25) is 4.77 Å². The van der Waals surface area contributed by atoms with E-state index in [2.05, 4.69) is 33.5 Å². The molecule has 0 fully saturated rings. The standard InChI is InChI=1S/C10H12N4S/c1-7-4-2-3-5-8(7)11-6-9-12-10(15)14-13-9/h2-5,11H,6H2,1H3,(H2,12,13,14,15). The van der Waals surface area contributed by atoms with Crippen LogP contribution in [0.4, 0.5) is 5.69 Å². The van der Waals surface area contributed by atoms with Crippen molar-refractivity contribution in [1.82, 2.24) is 15.2 Å². The summed E-state index contributed by atoms with van der Waals surface area (Å²) in [5.74, 6) is 0.809. The van der Waals surface area contributed by atoms with Gasteiger partial charge in [0, 0.05) is 5.69 Å². The Morgan fingerprint density at radius 1 is 1.33 bits per heavy atom. The molecule has 0 aliphatic heterocycles. The van der Waals surface area contributed by atoms with Gasteiger partial charge in [-0.25, -0.2) is 4.98 Å². The fourth-order valence-electron chi connectivity index (χ4n) is 1.34. The molecule has 2 aromatic rings. The molecule has 0 bridgehead atoms. The molecule has 15 heavy (non-hydrogen) atoms. The molecular weight excluding hydrogens is 208 g/mol. The quantitative estimate of drug-likeness (QED) is 0.696. The van der Waals surface area contributed by atoms with E-state index in [-0.39, 0.29) is 0 Å². The molecule has 0 unspecified atom stereocenters. The summed E-state index contributed by atoms with van der Waals surface area (Å²) < 4.78 is 0.483. The maximum Gasteiger partial charge on any atom is 0.213 e. The van der Waals surface area contributed by atoms with Crippen molar-refractivity contribution >= 4 is 17.9 Å². The van der Waals surface area contributed by atoms with Gasteiger partial charge in [0.05, 0.1) is 6.54 Å². The second kappa shape index (κ2) is 4.27. The molecule has 0 amide bonds. The zero-order valence-electron chi connectivity index (χ0n) is 8.37. The Morgan fingerprint density at radius 2 is 2.13 bits per heavy atom. The lowest BCUT2D eigenvalue weighted by molar-refractivity contribution is 0.953. The normalized spacial score (nSPS) is 10.2. The first kappa shape index (κ1) is 9.92. The van der Waals surface area contributed by atoms with Crippen LogP contribution in [0.2, 0.25) is 0 Å². The fourth-order valence-corrected chi connectivity index (χ4v) is 1.50. The van der Waals surface area contributed by atoms with Crippen molar-refractivity contribution in [2.24, 2.45) is 0 Å². The number of nitrogens with one attached hydrogen (secondary N) is 3. The smallest absolute Gasteiger partial charge is 0.213 e. The molecule has 0 radical (unpaired) electrons. The third kappa shape index (κ3) is 2.44. The van der Waals surface area contributed by atoms with Gasteiger partial charge in [-0.2, -0.15) is 0 Å². The van der Waals surface area contributed by atoms with Gasteiger partial charge in [0.15, 0.2) is 0 Å². The zero-order valence-corrected chi connectivity index (χ0v) is 9.19. The SMILES string of the molecule is Cc1ccccc1NCc1nc(=S)[nH][nH]1. The molecule has 0 saturated heterocycles. The first-order valence-corrected chi connectivity index (χ1v) is 5.09. The number of benzene rings is 1. The van der Waals surface area contributed by atoms with Gasteiger partial charge >= 0.3 is 0 Å². The molecule has 4 nitrogen and oxygen atoms in total. The third-order valence-corrected chi connectivity index (χ3v) is 2.33. The number of hydrogen-bond acceptors (Lipinski definition) is 3. The maximum atomic E-state index is 4.86. The van der Waals surface area contributed by atoms with Crippen LogP contribution in [0, 0.1) is 11.7 Å². The lowest BCUT2D eigenvalue weighted by Gasteiger charge is -2.06. The van der Waals surface area contributed by atoms with E-state index >= 15 is 0 Å². The van der Waals surface area contributed by atoms with Gasteiger partial charge in [-0.1, -0.05) is 18.2 Å². The summed E-state index contributed by atoms with van der Waals surface area (Å²) >= 11 is 4.86. The van der Waals surface area contributed by atoms with Crippen LogP contribution < -0.4 is 5.32 Å². The topological polar surface area (TPSA) is 56.5 Å². The minimum absolute atomic E-state index is 0.483. The minimum atomic E-state index is 0.483. The maximum absolute atomic E-state index is 4.86. The molecule has 0 aliphatic rings. The summed E-state index contributed by atoms with van der Waals surface area (Å²) in [6, 6.07) is 8.12. The Labute approximate surface area is 92.7 Å². The van der Waals surface area contributed by atoms with Crippen molar-refractivity contribution in [3.63, 3.8) is 0 Å². The summed E-state index contributed by atoms with van der Waals surface area (Å²) in [4.78, 5) is 4.10. The molecular formula is C10H12N4S. The van der Waals surface area contributed by atoms with Gasteiger partial charge < -0.3 is 5.32 Å². The average Bonchev–Trinajstić information content (AvgIpc) is 2.63. The molecule has 0 saturated carbocycles. The van der Waals surface area contributed by atoms with Crippen molar-refractivity contribution in [3.05, 3.63) is 40.4 Å². The average molecular weight is 220 g/mol. The number of nitrogens with zero attached hydrogens (tertiary/aromatic N) is 1. The first-order valence-electron chi connectivity index (χ1n) is 4.69. The molecule has 0 atom stereocenters. The molecule has 5 heteroatoms. The minimum Gasteiger partial charge on any atom is -0.378 e. The highest BCUT2D eigenvalue weighted by atomic mass is 32.1. The number of hydrogen-bond donors (Lipinski definition) is 3. The van der Waals surface area contributed by atoms with E-state index in [0.717, 1.165) is 11.5 Å². The molecule has 1 aromatic heterocycles. The van der Waals surface area contributed by atoms with Crippen molar-refractivity contribution in [3.8, 4) is 0 Å². The lowest BCUT2D eigenvalue weighted by Crippen LogP contribution is -2.02. The number of aromatic amines is 2. The first-order chi connectivity index (χ1) is 7.25. The largest absolute Gasteiger partial charge is 0.378 e. The van der Waals surface area contributed by atoms with Gasteiger partial charge in [0.25, 0.3) is 0 Å². The predicted molar refractivity (Wildman–Crippen MR) is 62.3 cm³/mol. The van der Waals surface area contributed by atoms with E-state index < -0.39 is 0 Å². The van der Waals surface area contributed by atoms with Crippen molar-refractivity contribution in [1.29, 1.82) is 0 Å². The van der Waals surface area contributed by atoms with Crippen LogP contribution in [0.5, 0.6) is 0 Å². The molecule has 3 N–H and O–H groups in total. The van der Waals surface area contributed by atoms with Gasteiger partial charge in [0.1, 0.15) is 5.82 Å². The summed E-state index contributed by atoms with van der Waals surface area (Å²) in [6.07, 6.45) is 0. The Kier molecular flexibility index (Phi) is 2.82. The number of rotatable bonds is 3. The predicted octanol–water partition coefficient (Wildman–Crippen LogP) is 2.39. The molecule has 1 aromatic carbocycles. The van der Waals surface area contributed by atoms with E-state index in [1.54, 1.807) is 0 Å².